The molecule has 1 heterocycles. The summed E-state index contributed by atoms with van der Waals surface area (Å²) < 4.78 is 13.5. The highest BCUT2D eigenvalue weighted by Gasteiger charge is 2.10. The first kappa shape index (κ1) is 16.1. The zero-order chi connectivity index (χ0) is 16.9. The van der Waals surface area contributed by atoms with Crippen LogP contribution in [0.4, 0.5) is 10.1 Å². The highest BCUT2D eigenvalue weighted by atomic mass is 19.1. The van der Waals surface area contributed by atoms with Gasteiger partial charge in [-0.15, -0.1) is 0 Å². The minimum atomic E-state index is -0.843. The van der Waals surface area contributed by atoms with E-state index < -0.39 is 11.6 Å². The Balaban J connectivity index is 1.78. The minimum Gasteiger partial charge on any atom is -0.504 e. The molecule has 0 radical (unpaired) electrons. The molecular formula is C20H18FNO2. The third kappa shape index (κ3) is 3.57. The van der Waals surface area contributed by atoms with Gasteiger partial charge in [-0.3, -0.25) is 4.79 Å². The van der Waals surface area contributed by atoms with Gasteiger partial charge in [0.15, 0.2) is 17.9 Å². The molecule has 0 bridgehead atoms. The molecule has 0 aromatic heterocycles. The van der Waals surface area contributed by atoms with Gasteiger partial charge in [0.25, 0.3) is 0 Å². The molecule has 0 atom stereocenters. The minimum absolute atomic E-state index is 0.0975. The monoisotopic (exact) mass is 323 g/mol. The molecule has 24 heavy (non-hydrogen) atoms. The molecule has 3 nitrogen and oxygen atoms in total. The first-order chi connectivity index (χ1) is 11.7. The van der Waals surface area contributed by atoms with Crippen molar-refractivity contribution < 1.29 is 14.3 Å². The Hall–Kier alpha value is -2.80. The maximum atomic E-state index is 13.5. The van der Waals surface area contributed by atoms with Crippen molar-refractivity contribution in [2.75, 3.05) is 18.0 Å². The summed E-state index contributed by atoms with van der Waals surface area (Å²) >= 11 is 0. The van der Waals surface area contributed by atoms with E-state index in [0.717, 1.165) is 24.7 Å². The number of anilines is 1. The quantitative estimate of drug-likeness (QED) is 0.676. The number of rotatable bonds is 2. The molecule has 0 unspecified atom stereocenters. The number of carbonyl (C=O) groups excluding carboxylic acids is 1. The number of hydrogen-bond donors (Lipinski definition) is 1. The molecule has 2 aromatic rings. The summed E-state index contributed by atoms with van der Waals surface area (Å²) in [5.74, 6) is 4.30. The van der Waals surface area contributed by atoms with E-state index in [4.69, 9.17) is 0 Å². The highest BCUT2D eigenvalue weighted by Crippen LogP contribution is 2.22. The zero-order valence-corrected chi connectivity index (χ0v) is 13.3. The Bertz CT molecular complexity index is 797. The predicted molar refractivity (Wildman–Crippen MR) is 91.9 cm³/mol. The van der Waals surface area contributed by atoms with Crippen LogP contribution >= 0.6 is 0 Å². The van der Waals surface area contributed by atoms with E-state index in [1.165, 1.54) is 31.0 Å². The second kappa shape index (κ2) is 7.18. The molecule has 0 aliphatic carbocycles. The van der Waals surface area contributed by atoms with Gasteiger partial charge in [-0.2, -0.15) is 0 Å². The first-order valence-electron chi connectivity index (χ1n) is 8.02. The highest BCUT2D eigenvalue weighted by molar-refractivity contribution is 5.80. The number of halogens is 1. The van der Waals surface area contributed by atoms with Gasteiger partial charge >= 0.3 is 0 Å². The summed E-state index contributed by atoms with van der Waals surface area (Å²) in [6.07, 6.45) is 4.17. The van der Waals surface area contributed by atoms with Crippen molar-refractivity contribution in [1.82, 2.24) is 0 Å². The normalized spacial score (nSPS) is 14.0. The summed E-state index contributed by atoms with van der Waals surface area (Å²) in [6.45, 7) is 2.18. The molecule has 1 N–H and O–H groups in total. The number of carbonyl (C=O) groups is 1. The molecular weight excluding hydrogens is 305 g/mol. The zero-order valence-electron chi connectivity index (χ0n) is 13.3. The number of benzene rings is 2. The third-order valence-corrected chi connectivity index (χ3v) is 4.16. The van der Waals surface area contributed by atoms with Crippen molar-refractivity contribution in [3.8, 4) is 17.6 Å². The Morgan fingerprint density at radius 3 is 2.33 bits per heavy atom. The molecule has 122 valence electrons. The van der Waals surface area contributed by atoms with Gasteiger partial charge in [0.2, 0.25) is 0 Å². The van der Waals surface area contributed by atoms with Gasteiger partial charge < -0.3 is 10.0 Å². The Morgan fingerprint density at radius 2 is 1.67 bits per heavy atom. The summed E-state index contributed by atoms with van der Waals surface area (Å²) in [4.78, 5) is 13.2. The fourth-order valence-electron chi connectivity index (χ4n) is 2.83. The lowest BCUT2D eigenvalue weighted by molar-refractivity contribution is 0.112. The van der Waals surface area contributed by atoms with Gasteiger partial charge in [-0.05, 0) is 55.7 Å². The van der Waals surface area contributed by atoms with E-state index in [0.29, 0.717) is 11.8 Å². The lowest BCUT2D eigenvalue weighted by Gasteiger charge is -2.28. The largest absolute Gasteiger partial charge is 0.504 e. The van der Waals surface area contributed by atoms with Gasteiger partial charge in [0.1, 0.15) is 0 Å². The molecule has 1 fully saturated rings. The SMILES string of the molecule is O=Cc1cc(C#Cc2ccc(N3CCCCC3)cc2)cc(F)c1O. The van der Waals surface area contributed by atoms with E-state index in [1.54, 1.807) is 0 Å². The first-order valence-corrected chi connectivity index (χ1v) is 8.02. The van der Waals surface area contributed by atoms with Gasteiger partial charge in [-0.25, -0.2) is 4.39 Å². The van der Waals surface area contributed by atoms with Crippen LogP contribution in [0, 0.1) is 17.7 Å². The van der Waals surface area contributed by atoms with Crippen molar-refractivity contribution in [2.45, 2.75) is 19.3 Å². The average Bonchev–Trinajstić information content (AvgIpc) is 2.63. The number of nitrogens with zero attached hydrogens (tertiary/aromatic N) is 1. The van der Waals surface area contributed by atoms with Crippen LogP contribution < -0.4 is 4.90 Å². The van der Waals surface area contributed by atoms with Crippen LogP contribution in [0.5, 0.6) is 5.75 Å². The predicted octanol–water partition coefficient (Wildman–Crippen LogP) is 3.73. The molecule has 1 saturated heterocycles. The molecule has 0 amide bonds. The molecule has 1 aliphatic heterocycles. The summed E-state index contributed by atoms with van der Waals surface area (Å²) in [7, 11) is 0. The van der Waals surface area contributed by atoms with Crippen LogP contribution in [0.1, 0.15) is 40.7 Å². The molecule has 0 spiro atoms. The number of phenols is 1. The number of aromatic hydroxyl groups is 1. The molecule has 4 heteroatoms. The fraction of sp³-hybridized carbons (Fsp3) is 0.250. The Morgan fingerprint density at radius 1 is 1.00 bits per heavy atom. The lowest BCUT2D eigenvalue weighted by atomic mass is 10.1. The number of hydrogen-bond acceptors (Lipinski definition) is 3. The Labute approximate surface area is 140 Å². The second-order valence-electron chi connectivity index (χ2n) is 5.86. The summed E-state index contributed by atoms with van der Waals surface area (Å²) in [5.41, 5.74) is 2.27. The fourth-order valence-corrected chi connectivity index (χ4v) is 2.83. The van der Waals surface area contributed by atoms with Crippen molar-refractivity contribution in [3.63, 3.8) is 0 Å². The van der Waals surface area contributed by atoms with Gasteiger partial charge in [0.05, 0.1) is 5.56 Å². The topological polar surface area (TPSA) is 40.5 Å². The van der Waals surface area contributed by atoms with Crippen LogP contribution in [0.25, 0.3) is 0 Å². The summed E-state index contributed by atoms with van der Waals surface area (Å²) in [5, 5.41) is 9.40. The van der Waals surface area contributed by atoms with Crippen LogP contribution in [0.15, 0.2) is 36.4 Å². The van der Waals surface area contributed by atoms with E-state index in [1.807, 2.05) is 24.3 Å². The maximum Gasteiger partial charge on any atom is 0.166 e. The van der Waals surface area contributed by atoms with Gasteiger partial charge in [-0.1, -0.05) is 11.8 Å². The maximum absolute atomic E-state index is 13.5. The van der Waals surface area contributed by atoms with Crippen molar-refractivity contribution in [2.24, 2.45) is 0 Å². The van der Waals surface area contributed by atoms with Crippen LogP contribution in [0.3, 0.4) is 0 Å². The molecule has 2 aromatic carbocycles. The standard InChI is InChI=1S/C20H18FNO2/c21-19-13-16(12-17(14-23)20(19)24)5-4-15-6-8-18(9-7-15)22-10-2-1-3-11-22/h6-9,12-14,24H,1-3,10-11H2. The van der Waals surface area contributed by atoms with Crippen molar-refractivity contribution in [1.29, 1.82) is 0 Å². The van der Waals surface area contributed by atoms with Crippen LogP contribution in [0.2, 0.25) is 0 Å². The Kier molecular flexibility index (Phi) is 4.81. The molecule has 1 aliphatic rings. The van der Waals surface area contributed by atoms with Crippen LogP contribution in [-0.2, 0) is 0 Å². The number of phenolic OH excluding ortho intramolecular Hbond substituents is 1. The van der Waals surface area contributed by atoms with E-state index >= 15 is 0 Å². The van der Waals surface area contributed by atoms with Crippen LogP contribution in [-0.4, -0.2) is 24.5 Å². The summed E-state index contributed by atoms with van der Waals surface area (Å²) in [6, 6.07) is 10.5. The molecule has 3 rings (SSSR count). The lowest BCUT2D eigenvalue weighted by Crippen LogP contribution is -2.29. The third-order valence-electron chi connectivity index (χ3n) is 4.16. The van der Waals surface area contributed by atoms with Gasteiger partial charge in [0, 0.05) is 29.9 Å². The van der Waals surface area contributed by atoms with E-state index in [-0.39, 0.29) is 5.56 Å². The van der Waals surface area contributed by atoms with Crippen molar-refractivity contribution in [3.05, 3.63) is 58.9 Å². The molecule has 0 saturated carbocycles. The van der Waals surface area contributed by atoms with Crippen molar-refractivity contribution >= 4 is 12.0 Å². The smallest absolute Gasteiger partial charge is 0.166 e. The number of aldehydes is 1. The van der Waals surface area contributed by atoms with E-state index in [2.05, 4.69) is 16.7 Å². The average molecular weight is 323 g/mol. The second-order valence-corrected chi connectivity index (χ2v) is 5.86. The van der Waals surface area contributed by atoms with E-state index in [9.17, 15) is 14.3 Å². The number of piperidine rings is 1.